The van der Waals surface area contributed by atoms with Crippen molar-refractivity contribution >= 4 is 11.7 Å². The summed E-state index contributed by atoms with van der Waals surface area (Å²) in [7, 11) is 0. The van der Waals surface area contributed by atoms with E-state index >= 15 is 0 Å². The number of carbonyl (C=O) groups is 1. The first-order valence-corrected chi connectivity index (χ1v) is 8.41. The lowest BCUT2D eigenvalue weighted by Crippen LogP contribution is -2.29. The van der Waals surface area contributed by atoms with E-state index in [1.54, 1.807) is 23.7 Å². The summed E-state index contributed by atoms with van der Waals surface area (Å²) in [5.41, 5.74) is 1.83. The van der Waals surface area contributed by atoms with Gasteiger partial charge < -0.3 is 5.32 Å². The molecule has 27 heavy (non-hydrogen) atoms. The highest BCUT2D eigenvalue weighted by molar-refractivity contribution is 5.89. The lowest BCUT2D eigenvalue weighted by molar-refractivity contribution is -0.117. The van der Waals surface area contributed by atoms with Crippen molar-refractivity contribution in [2.24, 2.45) is 0 Å². The fraction of sp³-hybridized carbons (Fsp3) is 0.211. The van der Waals surface area contributed by atoms with Crippen LogP contribution in [-0.2, 0) is 17.9 Å². The average Bonchev–Trinajstić information content (AvgIpc) is 3.01. The van der Waals surface area contributed by atoms with Gasteiger partial charge in [0.1, 0.15) is 12.4 Å². The van der Waals surface area contributed by atoms with Crippen LogP contribution in [0, 0.1) is 18.3 Å². The summed E-state index contributed by atoms with van der Waals surface area (Å²) >= 11 is 0. The van der Waals surface area contributed by atoms with Crippen LogP contribution in [0.25, 0.3) is 11.3 Å². The molecule has 0 unspecified atom stereocenters. The number of carbonyl (C=O) groups excluding carboxylic acids is 1. The third kappa shape index (κ3) is 4.46. The number of nitrogens with one attached hydrogen (secondary N) is 1. The van der Waals surface area contributed by atoms with E-state index in [-0.39, 0.29) is 18.5 Å². The van der Waals surface area contributed by atoms with Crippen LogP contribution >= 0.6 is 0 Å². The smallest absolute Gasteiger partial charge is 0.267 e. The van der Waals surface area contributed by atoms with E-state index in [1.165, 1.54) is 6.07 Å². The molecule has 3 aromatic rings. The van der Waals surface area contributed by atoms with Crippen molar-refractivity contribution in [3.05, 3.63) is 64.6 Å². The molecular formula is C19H18N6O2. The second-order valence-corrected chi connectivity index (χ2v) is 5.93. The van der Waals surface area contributed by atoms with Gasteiger partial charge in [0, 0.05) is 17.7 Å². The number of nitriles is 1. The summed E-state index contributed by atoms with van der Waals surface area (Å²) in [4.78, 5) is 24.5. The number of nitrogens with zero attached hydrogens (tertiary/aromatic N) is 5. The standard InChI is InChI=1S/C19H18N6O2/c1-14-12-17(24(22-14)11-5-10-20)21-18(26)13-25-19(27)9-8-16(23-25)15-6-3-2-4-7-15/h2-4,6-9,12H,5,11,13H2,1H3,(H,21,26). The van der Waals surface area contributed by atoms with Gasteiger partial charge in [-0.2, -0.15) is 15.5 Å². The Bertz CT molecular complexity index is 1050. The zero-order chi connectivity index (χ0) is 19.2. The summed E-state index contributed by atoms with van der Waals surface area (Å²) in [6, 6.07) is 16.2. The van der Waals surface area contributed by atoms with Crippen molar-refractivity contribution < 1.29 is 4.79 Å². The van der Waals surface area contributed by atoms with E-state index in [0.29, 0.717) is 18.1 Å². The van der Waals surface area contributed by atoms with Gasteiger partial charge in [0.15, 0.2) is 0 Å². The minimum atomic E-state index is -0.395. The van der Waals surface area contributed by atoms with Gasteiger partial charge in [-0.25, -0.2) is 9.36 Å². The number of aryl methyl sites for hydroxylation is 2. The molecule has 0 spiro atoms. The number of rotatable bonds is 6. The predicted molar refractivity (Wildman–Crippen MR) is 99.8 cm³/mol. The van der Waals surface area contributed by atoms with Crippen LogP contribution in [0.3, 0.4) is 0 Å². The summed E-state index contributed by atoms with van der Waals surface area (Å²) in [6.45, 7) is 1.96. The summed E-state index contributed by atoms with van der Waals surface area (Å²) < 4.78 is 2.69. The summed E-state index contributed by atoms with van der Waals surface area (Å²) in [6.07, 6.45) is 0.282. The first-order chi connectivity index (χ1) is 13.1. The van der Waals surface area contributed by atoms with E-state index in [1.807, 2.05) is 36.4 Å². The Morgan fingerprint density at radius 2 is 1.93 bits per heavy atom. The van der Waals surface area contributed by atoms with E-state index in [0.717, 1.165) is 15.9 Å². The van der Waals surface area contributed by atoms with Crippen LogP contribution in [0.2, 0.25) is 0 Å². The van der Waals surface area contributed by atoms with Gasteiger partial charge in [-0.1, -0.05) is 30.3 Å². The Morgan fingerprint density at radius 3 is 2.67 bits per heavy atom. The topological polar surface area (TPSA) is 106 Å². The monoisotopic (exact) mass is 362 g/mol. The Kier molecular flexibility index (Phi) is 5.42. The molecule has 2 heterocycles. The first-order valence-electron chi connectivity index (χ1n) is 8.41. The van der Waals surface area contributed by atoms with Crippen LogP contribution in [0.15, 0.2) is 53.3 Å². The average molecular weight is 362 g/mol. The van der Waals surface area contributed by atoms with Crippen LogP contribution in [-0.4, -0.2) is 25.5 Å². The molecule has 8 heteroatoms. The van der Waals surface area contributed by atoms with E-state index < -0.39 is 5.91 Å². The molecule has 0 saturated carbocycles. The van der Waals surface area contributed by atoms with Gasteiger partial charge in [0.25, 0.3) is 5.56 Å². The number of amides is 1. The second-order valence-electron chi connectivity index (χ2n) is 5.93. The van der Waals surface area contributed by atoms with E-state index in [4.69, 9.17) is 5.26 Å². The summed E-state index contributed by atoms with van der Waals surface area (Å²) in [5.74, 6) is 0.0907. The van der Waals surface area contributed by atoms with Gasteiger partial charge >= 0.3 is 0 Å². The largest absolute Gasteiger partial charge is 0.309 e. The molecule has 0 aliphatic heterocycles. The summed E-state index contributed by atoms with van der Waals surface area (Å²) in [5, 5.41) is 20.0. The molecule has 0 radical (unpaired) electrons. The van der Waals surface area contributed by atoms with E-state index in [9.17, 15) is 9.59 Å². The third-order valence-corrected chi connectivity index (χ3v) is 3.83. The number of hydrogen-bond donors (Lipinski definition) is 1. The lowest BCUT2D eigenvalue weighted by atomic mass is 10.1. The molecule has 2 aromatic heterocycles. The van der Waals surface area contributed by atoms with Crippen molar-refractivity contribution in [3.8, 4) is 17.3 Å². The molecule has 0 fully saturated rings. The van der Waals surface area contributed by atoms with Crippen molar-refractivity contribution in [1.29, 1.82) is 5.26 Å². The van der Waals surface area contributed by atoms with Crippen molar-refractivity contribution in [1.82, 2.24) is 19.6 Å². The third-order valence-electron chi connectivity index (χ3n) is 3.83. The zero-order valence-corrected chi connectivity index (χ0v) is 14.8. The van der Waals surface area contributed by atoms with Crippen LogP contribution in [0.5, 0.6) is 0 Å². The van der Waals surface area contributed by atoms with Gasteiger partial charge in [0.05, 0.1) is 30.4 Å². The maximum absolute atomic E-state index is 12.4. The Balaban J connectivity index is 1.77. The van der Waals surface area contributed by atoms with Crippen LogP contribution in [0.1, 0.15) is 12.1 Å². The molecule has 3 rings (SSSR count). The fourth-order valence-electron chi connectivity index (χ4n) is 2.62. The molecule has 136 valence electrons. The van der Waals surface area contributed by atoms with Gasteiger partial charge in [-0.05, 0) is 13.0 Å². The quantitative estimate of drug-likeness (QED) is 0.722. The minimum absolute atomic E-state index is 0.220. The van der Waals surface area contributed by atoms with Crippen LogP contribution < -0.4 is 10.9 Å². The molecule has 1 amide bonds. The molecule has 8 nitrogen and oxygen atoms in total. The molecule has 0 aliphatic carbocycles. The lowest BCUT2D eigenvalue weighted by Gasteiger charge is -2.09. The highest BCUT2D eigenvalue weighted by Gasteiger charge is 2.12. The minimum Gasteiger partial charge on any atom is -0.309 e. The van der Waals surface area contributed by atoms with Crippen LogP contribution in [0.4, 0.5) is 5.82 Å². The van der Waals surface area contributed by atoms with Crippen molar-refractivity contribution in [2.75, 3.05) is 5.32 Å². The SMILES string of the molecule is Cc1cc(NC(=O)Cn2nc(-c3ccccc3)ccc2=O)n(CCC#N)n1. The maximum atomic E-state index is 12.4. The fourth-order valence-corrected chi connectivity index (χ4v) is 2.62. The maximum Gasteiger partial charge on any atom is 0.267 e. The molecule has 0 aliphatic rings. The highest BCUT2D eigenvalue weighted by Crippen LogP contribution is 2.14. The number of hydrogen-bond acceptors (Lipinski definition) is 5. The predicted octanol–water partition coefficient (Wildman–Crippen LogP) is 1.97. The van der Waals surface area contributed by atoms with Gasteiger partial charge in [0.2, 0.25) is 5.91 Å². The van der Waals surface area contributed by atoms with Crippen molar-refractivity contribution in [2.45, 2.75) is 26.4 Å². The number of anilines is 1. The van der Waals surface area contributed by atoms with Crippen molar-refractivity contribution in [3.63, 3.8) is 0 Å². The molecule has 1 N–H and O–H groups in total. The highest BCUT2D eigenvalue weighted by atomic mass is 16.2. The molecule has 0 bridgehead atoms. The first kappa shape index (κ1) is 18.1. The molecule has 0 saturated heterocycles. The molecule has 0 atom stereocenters. The Hall–Kier alpha value is -3.73. The zero-order valence-electron chi connectivity index (χ0n) is 14.8. The second kappa shape index (κ2) is 8.10. The Morgan fingerprint density at radius 1 is 1.15 bits per heavy atom. The number of aromatic nitrogens is 4. The Labute approximate surface area is 155 Å². The normalized spacial score (nSPS) is 10.4. The molecular weight excluding hydrogens is 344 g/mol. The van der Waals surface area contributed by atoms with E-state index in [2.05, 4.69) is 15.5 Å². The van der Waals surface area contributed by atoms with Gasteiger partial charge in [-0.3, -0.25) is 9.59 Å². The molecule has 1 aromatic carbocycles. The van der Waals surface area contributed by atoms with Gasteiger partial charge in [-0.15, -0.1) is 0 Å². The number of benzene rings is 1.